The lowest BCUT2D eigenvalue weighted by Crippen LogP contribution is -2.21. The van der Waals surface area contributed by atoms with Crippen molar-refractivity contribution in [2.75, 3.05) is 11.9 Å². The van der Waals surface area contributed by atoms with Crippen LogP contribution < -0.4 is 10.6 Å². The zero-order chi connectivity index (χ0) is 14.5. The number of hydrogen-bond donors (Lipinski definition) is 1. The van der Waals surface area contributed by atoms with E-state index in [2.05, 4.69) is 48.2 Å². The molecule has 0 bridgehead atoms. The van der Waals surface area contributed by atoms with Gasteiger partial charge in [-0.3, -0.25) is 4.68 Å². The number of aryl methyl sites for hydroxylation is 1. The maximum atomic E-state index is 5.99. The summed E-state index contributed by atoms with van der Waals surface area (Å²) in [6, 6.07) is 8.92. The van der Waals surface area contributed by atoms with Crippen LogP contribution in [-0.2, 0) is 20.0 Å². The summed E-state index contributed by atoms with van der Waals surface area (Å²) in [7, 11) is 4.04. The average Bonchev–Trinajstić information content (AvgIpc) is 2.84. The molecule has 1 aromatic heterocycles. The van der Waals surface area contributed by atoms with E-state index in [1.807, 2.05) is 24.1 Å². The Labute approximate surface area is 121 Å². The summed E-state index contributed by atoms with van der Waals surface area (Å²) in [6.07, 6.45) is 5.92. The van der Waals surface area contributed by atoms with Gasteiger partial charge in [0.1, 0.15) is 0 Å². The topological polar surface area (TPSA) is 47.1 Å². The fourth-order valence-electron chi connectivity index (χ4n) is 2.25. The van der Waals surface area contributed by atoms with Gasteiger partial charge in [0.25, 0.3) is 0 Å². The summed E-state index contributed by atoms with van der Waals surface area (Å²) in [5.41, 5.74) is 9.72. The number of aromatic nitrogens is 2. The van der Waals surface area contributed by atoms with Crippen LogP contribution in [0, 0.1) is 0 Å². The van der Waals surface area contributed by atoms with Crippen LogP contribution in [0.5, 0.6) is 0 Å². The van der Waals surface area contributed by atoms with Crippen molar-refractivity contribution in [2.45, 2.75) is 32.4 Å². The minimum atomic E-state index is 0.258. The number of benzene rings is 1. The van der Waals surface area contributed by atoms with Crippen LogP contribution in [0.2, 0.25) is 0 Å². The van der Waals surface area contributed by atoms with E-state index in [1.165, 1.54) is 16.8 Å². The third-order valence-corrected chi connectivity index (χ3v) is 3.58. The van der Waals surface area contributed by atoms with E-state index in [9.17, 15) is 0 Å². The lowest BCUT2D eigenvalue weighted by Gasteiger charge is -2.19. The highest BCUT2D eigenvalue weighted by atomic mass is 15.2. The van der Waals surface area contributed by atoms with Gasteiger partial charge < -0.3 is 10.6 Å². The Balaban J connectivity index is 1.98. The standard InChI is InChI=1S/C16H24N4/c1-4-15(17)9-13-5-7-16(8-6-13)19(2)11-14-10-18-20(3)12-14/h5-8,10,12,15H,4,9,11,17H2,1-3H3. The molecule has 0 saturated carbocycles. The van der Waals surface area contributed by atoms with E-state index < -0.39 is 0 Å². The lowest BCUT2D eigenvalue weighted by atomic mass is 10.0. The molecule has 0 spiro atoms. The largest absolute Gasteiger partial charge is 0.370 e. The lowest BCUT2D eigenvalue weighted by molar-refractivity contribution is 0.646. The number of hydrogen-bond acceptors (Lipinski definition) is 3. The van der Waals surface area contributed by atoms with Crippen molar-refractivity contribution in [3.8, 4) is 0 Å². The molecule has 0 aliphatic heterocycles. The van der Waals surface area contributed by atoms with Gasteiger partial charge in [0.2, 0.25) is 0 Å². The van der Waals surface area contributed by atoms with Crippen molar-refractivity contribution in [1.29, 1.82) is 0 Å². The molecular formula is C16H24N4. The molecule has 1 heterocycles. The first kappa shape index (κ1) is 14.6. The first-order valence-corrected chi connectivity index (χ1v) is 7.11. The molecule has 1 unspecified atom stereocenters. The van der Waals surface area contributed by atoms with Crippen LogP contribution in [0.25, 0.3) is 0 Å². The Morgan fingerprint density at radius 2 is 1.95 bits per heavy atom. The first-order chi connectivity index (χ1) is 9.58. The van der Waals surface area contributed by atoms with Gasteiger partial charge in [0.15, 0.2) is 0 Å². The Hall–Kier alpha value is -1.81. The molecule has 4 nitrogen and oxygen atoms in total. The summed E-state index contributed by atoms with van der Waals surface area (Å²) in [4.78, 5) is 2.22. The summed E-state index contributed by atoms with van der Waals surface area (Å²) in [6.45, 7) is 2.99. The van der Waals surface area contributed by atoms with Gasteiger partial charge in [0.05, 0.1) is 6.20 Å². The van der Waals surface area contributed by atoms with Gasteiger partial charge in [-0.1, -0.05) is 19.1 Å². The second kappa shape index (κ2) is 6.57. The molecule has 2 rings (SSSR count). The van der Waals surface area contributed by atoms with Crippen LogP contribution in [0.3, 0.4) is 0 Å². The molecule has 0 radical (unpaired) electrons. The van der Waals surface area contributed by atoms with Gasteiger partial charge >= 0.3 is 0 Å². The molecule has 4 heteroatoms. The molecule has 0 aliphatic rings. The van der Waals surface area contributed by atoms with Gasteiger partial charge in [-0.2, -0.15) is 5.10 Å². The Kier molecular flexibility index (Phi) is 4.79. The normalized spacial score (nSPS) is 12.4. The highest BCUT2D eigenvalue weighted by Crippen LogP contribution is 2.17. The molecule has 2 N–H and O–H groups in total. The minimum absolute atomic E-state index is 0.258. The molecule has 0 saturated heterocycles. The number of nitrogens with zero attached hydrogens (tertiary/aromatic N) is 3. The predicted octanol–water partition coefficient (Wildman–Crippen LogP) is 2.34. The molecule has 1 atom stereocenters. The van der Waals surface area contributed by atoms with E-state index in [1.54, 1.807) is 0 Å². The van der Waals surface area contributed by atoms with Crippen LogP contribution in [0.15, 0.2) is 36.7 Å². The number of nitrogens with two attached hydrogens (primary N) is 1. The summed E-state index contributed by atoms with van der Waals surface area (Å²) in [5.74, 6) is 0. The van der Waals surface area contributed by atoms with Crippen molar-refractivity contribution in [2.24, 2.45) is 12.8 Å². The van der Waals surface area contributed by atoms with Crippen molar-refractivity contribution >= 4 is 5.69 Å². The SMILES string of the molecule is CCC(N)Cc1ccc(N(C)Cc2cnn(C)c2)cc1. The molecule has 20 heavy (non-hydrogen) atoms. The van der Waals surface area contributed by atoms with Crippen LogP contribution >= 0.6 is 0 Å². The Bertz CT molecular complexity index is 530. The van der Waals surface area contributed by atoms with Gasteiger partial charge in [-0.25, -0.2) is 0 Å². The van der Waals surface area contributed by atoms with Crippen LogP contribution in [0.4, 0.5) is 5.69 Å². The zero-order valence-electron chi connectivity index (χ0n) is 12.6. The molecule has 0 aliphatic carbocycles. The molecule has 0 fully saturated rings. The fraction of sp³-hybridized carbons (Fsp3) is 0.438. The summed E-state index contributed by atoms with van der Waals surface area (Å²) >= 11 is 0. The Morgan fingerprint density at radius 1 is 1.25 bits per heavy atom. The molecule has 0 amide bonds. The second-order valence-electron chi connectivity index (χ2n) is 5.42. The predicted molar refractivity (Wildman–Crippen MR) is 83.7 cm³/mol. The van der Waals surface area contributed by atoms with Crippen molar-refractivity contribution in [1.82, 2.24) is 9.78 Å². The molecular weight excluding hydrogens is 248 g/mol. The molecule has 2 aromatic rings. The van der Waals surface area contributed by atoms with Crippen molar-refractivity contribution in [3.05, 3.63) is 47.8 Å². The third-order valence-electron chi connectivity index (χ3n) is 3.58. The number of rotatable bonds is 6. The fourth-order valence-corrected chi connectivity index (χ4v) is 2.25. The average molecular weight is 272 g/mol. The summed E-state index contributed by atoms with van der Waals surface area (Å²) in [5, 5.41) is 4.20. The molecule has 108 valence electrons. The number of anilines is 1. The van der Waals surface area contributed by atoms with Crippen molar-refractivity contribution in [3.63, 3.8) is 0 Å². The van der Waals surface area contributed by atoms with Gasteiger partial charge in [-0.15, -0.1) is 0 Å². The van der Waals surface area contributed by atoms with E-state index in [-0.39, 0.29) is 6.04 Å². The Morgan fingerprint density at radius 3 is 2.50 bits per heavy atom. The highest BCUT2D eigenvalue weighted by molar-refractivity contribution is 5.47. The van der Waals surface area contributed by atoms with E-state index in [0.29, 0.717) is 0 Å². The van der Waals surface area contributed by atoms with Crippen LogP contribution in [0.1, 0.15) is 24.5 Å². The third kappa shape index (κ3) is 3.84. The summed E-state index contributed by atoms with van der Waals surface area (Å²) < 4.78 is 1.83. The maximum absolute atomic E-state index is 5.99. The smallest absolute Gasteiger partial charge is 0.0539 e. The highest BCUT2D eigenvalue weighted by Gasteiger charge is 2.05. The second-order valence-corrected chi connectivity index (χ2v) is 5.42. The first-order valence-electron chi connectivity index (χ1n) is 7.11. The zero-order valence-corrected chi connectivity index (χ0v) is 12.6. The van der Waals surface area contributed by atoms with E-state index >= 15 is 0 Å². The maximum Gasteiger partial charge on any atom is 0.0539 e. The molecule has 1 aromatic carbocycles. The van der Waals surface area contributed by atoms with Gasteiger partial charge in [-0.05, 0) is 30.5 Å². The van der Waals surface area contributed by atoms with E-state index in [0.717, 1.165) is 19.4 Å². The monoisotopic (exact) mass is 272 g/mol. The minimum Gasteiger partial charge on any atom is -0.370 e. The van der Waals surface area contributed by atoms with Gasteiger partial charge in [0, 0.05) is 44.1 Å². The van der Waals surface area contributed by atoms with Crippen LogP contribution in [-0.4, -0.2) is 22.9 Å². The van der Waals surface area contributed by atoms with Crippen molar-refractivity contribution < 1.29 is 0 Å². The van der Waals surface area contributed by atoms with E-state index in [4.69, 9.17) is 5.73 Å². The quantitative estimate of drug-likeness (QED) is 0.878.